The average Bonchev–Trinajstić information content (AvgIpc) is 3.53. The summed E-state index contributed by atoms with van der Waals surface area (Å²) in [6.07, 6.45) is 3.36. The molecule has 8 rings (SSSR count). The van der Waals surface area contributed by atoms with E-state index in [-0.39, 0.29) is 5.92 Å². The SMILES string of the molecule is C1=C(c2ccccc2)N=C(c2ccccc2)CC1C1c2ccccc2-c2c1ccc1sc3ccccc3c21. The molecule has 38 heavy (non-hydrogen) atoms. The van der Waals surface area contributed by atoms with E-state index >= 15 is 0 Å². The van der Waals surface area contributed by atoms with Crippen LogP contribution in [-0.4, -0.2) is 5.71 Å². The molecule has 0 bridgehead atoms. The Bertz CT molecular complexity index is 1890. The van der Waals surface area contributed by atoms with Gasteiger partial charge < -0.3 is 0 Å². The third kappa shape index (κ3) is 3.34. The first-order valence-corrected chi connectivity index (χ1v) is 14.1. The quantitative estimate of drug-likeness (QED) is 0.228. The maximum atomic E-state index is 5.22. The Labute approximate surface area is 226 Å². The highest BCUT2D eigenvalue weighted by Crippen LogP contribution is 2.55. The lowest BCUT2D eigenvalue weighted by Gasteiger charge is -2.28. The summed E-state index contributed by atoms with van der Waals surface area (Å²) < 4.78 is 2.73. The van der Waals surface area contributed by atoms with E-state index in [1.54, 1.807) is 0 Å². The maximum Gasteiger partial charge on any atom is 0.0668 e. The predicted octanol–water partition coefficient (Wildman–Crippen LogP) is 9.72. The molecule has 1 aliphatic heterocycles. The van der Waals surface area contributed by atoms with E-state index in [0.29, 0.717) is 5.92 Å². The van der Waals surface area contributed by atoms with Gasteiger partial charge in [0, 0.05) is 31.8 Å². The number of hydrogen-bond donors (Lipinski definition) is 0. The largest absolute Gasteiger partial charge is 0.253 e. The van der Waals surface area contributed by atoms with Crippen molar-refractivity contribution in [2.24, 2.45) is 10.9 Å². The second-order valence-corrected chi connectivity index (χ2v) is 11.4. The summed E-state index contributed by atoms with van der Waals surface area (Å²) in [4.78, 5) is 5.22. The van der Waals surface area contributed by atoms with E-state index in [2.05, 4.69) is 127 Å². The Morgan fingerprint density at radius 3 is 2.16 bits per heavy atom. The molecule has 2 heteroatoms. The van der Waals surface area contributed by atoms with Crippen molar-refractivity contribution in [2.75, 3.05) is 0 Å². The van der Waals surface area contributed by atoms with Gasteiger partial charge in [-0.25, -0.2) is 0 Å². The van der Waals surface area contributed by atoms with Gasteiger partial charge in [0.05, 0.1) is 5.70 Å². The molecule has 2 aliphatic rings. The number of hydrogen-bond acceptors (Lipinski definition) is 2. The van der Waals surface area contributed by atoms with Crippen LogP contribution in [0.1, 0.15) is 34.6 Å². The summed E-state index contributed by atoms with van der Waals surface area (Å²) in [7, 11) is 0. The minimum absolute atomic E-state index is 0.289. The molecule has 2 heterocycles. The molecule has 6 aromatic rings. The molecule has 2 unspecified atom stereocenters. The van der Waals surface area contributed by atoms with E-state index in [4.69, 9.17) is 4.99 Å². The summed E-state index contributed by atoms with van der Waals surface area (Å²) in [5.74, 6) is 0.597. The lowest BCUT2D eigenvalue weighted by atomic mass is 9.78. The molecule has 0 radical (unpaired) electrons. The van der Waals surface area contributed by atoms with Crippen LogP contribution < -0.4 is 0 Å². The van der Waals surface area contributed by atoms with Crippen LogP contribution in [0.3, 0.4) is 0 Å². The molecule has 0 amide bonds. The molecule has 1 nitrogen and oxygen atoms in total. The number of nitrogens with zero attached hydrogens (tertiary/aromatic N) is 1. The zero-order valence-electron chi connectivity index (χ0n) is 20.8. The summed E-state index contributed by atoms with van der Waals surface area (Å²) in [6, 6.07) is 44.1. The zero-order chi connectivity index (χ0) is 25.1. The van der Waals surface area contributed by atoms with Crippen molar-refractivity contribution < 1.29 is 0 Å². The Morgan fingerprint density at radius 2 is 1.32 bits per heavy atom. The molecule has 2 atom stereocenters. The predicted molar refractivity (Wildman–Crippen MR) is 162 cm³/mol. The third-order valence-electron chi connectivity index (χ3n) is 8.14. The lowest BCUT2D eigenvalue weighted by Crippen LogP contribution is -2.19. The number of aliphatic imine (C=N–C) groups is 1. The van der Waals surface area contributed by atoms with Crippen molar-refractivity contribution in [1.29, 1.82) is 0 Å². The first-order chi connectivity index (χ1) is 18.8. The van der Waals surface area contributed by atoms with Gasteiger partial charge in [-0.05, 0) is 57.9 Å². The minimum Gasteiger partial charge on any atom is -0.253 e. The summed E-state index contributed by atoms with van der Waals surface area (Å²) in [6.45, 7) is 0. The van der Waals surface area contributed by atoms with Gasteiger partial charge >= 0.3 is 0 Å². The van der Waals surface area contributed by atoms with Crippen molar-refractivity contribution in [3.63, 3.8) is 0 Å². The van der Waals surface area contributed by atoms with Crippen molar-refractivity contribution >= 4 is 42.9 Å². The summed E-state index contributed by atoms with van der Waals surface area (Å²) >= 11 is 1.90. The first kappa shape index (κ1) is 21.8. The van der Waals surface area contributed by atoms with Gasteiger partial charge in [-0.1, -0.05) is 115 Å². The minimum atomic E-state index is 0.289. The van der Waals surface area contributed by atoms with Gasteiger partial charge in [-0.3, -0.25) is 4.99 Å². The molecule has 0 saturated carbocycles. The maximum absolute atomic E-state index is 5.22. The van der Waals surface area contributed by atoms with E-state index in [1.807, 2.05) is 11.3 Å². The van der Waals surface area contributed by atoms with Crippen LogP contribution in [0.2, 0.25) is 0 Å². The van der Waals surface area contributed by atoms with Gasteiger partial charge in [-0.2, -0.15) is 0 Å². The molecule has 0 spiro atoms. The van der Waals surface area contributed by atoms with Crippen molar-refractivity contribution in [2.45, 2.75) is 12.3 Å². The molecule has 0 saturated heterocycles. The first-order valence-electron chi connectivity index (χ1n) is 13.3. The van der Waals surface area contributed by atoms with E-state index in [9.17, 15) is 0 Å². The van der Waals surface area contributed by atoms with Crippen molar-refractivity contribution in [1.82, 2.24) is 0 Å². The standard InChI is InChI=1S/C36H25NS/c1-3-11-23(12-4-1)30-21-25(22-31(37-30)24-13-5-2-6-14-24)34-26-15-7-8-16-27(26)35-29(34)19-20-33-36(35)28-17-9-10-18-32(28)38-33/h1-21,25,34H,22H2. The fraction of sp³-hybridized carbons (Fsp3) is 0.0833. The third-order valence-corrected chi connectivity index (χ3v) is 9.27. The Balaban J connectivity index is 1.35. The van der Waals surface area contributed by atoms with Gasteiger partial charge in [0.1, 0.15) is 0 Å². The molecule has 1 aliphatic carbocycles. The van der Waals surface area contributed by atoms with Crippen LogP contribution in [0, 0.1) is 5.92 Å². The summed E-state index contributed by atoms with van der Waals surface area (Å²) in [5.41, 5.74) is 10.3. The average molecular weight is 504 g/mol. The lowest BCUT2D eigenvalue weighted by molar-refractivity contribution is 0.597. The fourth-order valence-electron chi connectivity index (χ4n) is 6.52. The molecular formula is C36H25NS. The number of allylic oxidation sites excluding steroid dienone is 1. The molecule has 1 aromatic heterocycles. The highest BCUT2D eigenvalue weighted by molar-refractivity contribution is 7.25. The van der Waals surface area contributed by atoms with Crippen molar-refractivity contribution in [3.05, 3.63) is 150 Å². The molecule has 180 valence electrons. The smallest absolute Gasteiger partial charge is 0.0668 e. The topological polar surface area (TPSA) is 12.4 Å². The number of rotatable bonds is 3. The fourth-order valence-corrected chi connectivity index (χ4v) is 7.63. The highest BCUT2D eigenvalue weighted by Gasteiger charge is 2.37. The van der Waals surface area contributed by atoms with E-state index in [1.165, 1.54) is 59.3 Å². The molecule has 5 aromatic carbocycles. The van der Waals surface area contributed by atoms with E-state index < -0.39 is 0 Å². The Morgan fingerprint density at radius 1 is 0.605 bits per heavy atom. The Hall–Kier alpha value is -4.27. The molecule has 0 fully saturated rings. The zero-order valence-corrected chi connectivity index (χ0v) is 21.7. The Kier molecular flexibility index (Phi) is 4.96. The molecular weight excluding hydrogens is 478 g/mol. The van der Waals surface area contributed by atoms with Gasteiger partial charge in [0.15, 0.2) is 0 Å². The van der Waals surface area contributed by atoms with Crippen LogP contribution in [0.4, 0.5) is 0 Å². The van der Waals surface area contributed by atoms with E-state index in [0.717, 1.165) is 12.1 Å². The molecule has 0 N–H and O–H groups in total. The van der Waals surface area contributed by atoms with Crippen LogP contribution in [0.15, 0.2) is 132 Å². The van der Waals surface area contributed by atoms with Crippen LogP contribution in [0.25, 0.3) is 37.0 Å². The van der Waals surface area contributed by atoms with Gasteiger partial charge in [0.25, 0.3) is 0 Å². The number of thiophene rings is 1. The van der Waals surface area contributed by atoms with Crippen molar-refractivity contribution in [3.8, 4) is 11.1 Å². The second kappa shape index (κ2) is 8.65. The summed E-state index contributed by atoms with van der Waals surface area (Å²) in [5, 5.41) is 2.79. The van der Waals surface area contributed by atoms with Crippen LogP contribution >= 0.6 is 11.3 Å². The number of benzene rings is 5. The normalized spacial score (nSPS) is 18.2. The van der Waals surface area contributed by atoms with Gasteiger partial charge in [-0.15, -0.1) is 11.3 Å². The van der Waals surface area contributed by atoms with Crippen LogP contribution in [0.5, 0.6) is 0 Å². The van der Waals surface area contributed by atoms with Crippen LogP contribution in [-0.2, 0) is 0 Å². The number of fused-ring (bicyclic) bond motifs is 7. The second-order valence-electron chi connectivity index (χ2n) is 10.3. The highest BCUT2D eigenvalue weighted by atomic mass is 32.1. The van der Waals surface area contributed by atoms with Gasteiger partial charge in [0.2, 0.25) is 0 Å². The monoisotopic (exact) mass is 503 g/mol.